The molecule has 2 aromatic carbocycles. The zero-order chi connectivity index (χ0) is 23.4. The largest absolute Gasteiger partial charge is 0.497 e. The average molecular weight is 450 g/mol. The summed E-state index contributed by atoms with van der Waals surface area (Å²) in [5, 5.41) is 20.0. The molecule has 2 heterocycles. The fraction of sp³-hybridized carbons (Fsp3) is 0.292. The number of allylic oxidation sites excluding steroid dienone is 1. The number of anilines is 2. The fourth-order valence-corrected chi connectivity index (χ4v) is 3.77. The number of fused-ring (bicyclic) bond motifs is 1. The maximum Gasteiger partial charge on any atom is 0.226 e. The molecule has 3 N–H and O–H groups in total. The van der Waals surface area contributed by atoms with E-state index >= 15 is 0 Å². The number of aromatic nitrogens is 3. The van der Waals surface area contributed by atoms with Gasteiger partial charge in [-0.3, -0.25) is 4.79 Å². The summed E-state index contributed by atoms with van der Waals surface area (Å²) >= 11 is 0. The first-order chi connectivity index (χ1) is 16.0. The third-order valence-electron chi connectivity index (χ3n) is 5.34. The second-order valence-electron chi connectivity index (χ2n) is 7.64. The summed E-state index contributed by atoms with van der Waals surface area (Å²) in [6.07, 6.45) is 3.23. The molecule has 33 heavy (non-hydrogen) atoms. The van der Waals surface area contributed by atoms with E-state index in [0.717, 1.165) is 22.5 Å². The van der Waals surface area contributed by atoms with Crippen molar-refractivity contribution in [3.63, 3.8) is 0 Å². The van der Waals surface area contributed by atoms with Gasteiger partial charge in [-0.1, -0.05) is 12.1 Å². The van der Waals surface area contributed by atoms with Crippen LogP contribution in [0.3, 0.4) is 0 Å². The van der Waals surface area contributed by atoms with E-state index in [1.807, 2.05) is 47.1 Å². The Balaban J connectivity index is 1.76. The van der Waals surface area contributed by atoms with Crippen molar-refractivity contribution in [1.29, 1.82) is 0 Å². The summed E-state index contributed by atoms with van der Waals surface area (Å²) in [5.74, 6) is 2.52. The second kappa shape index (κ2) is 9.74. The Labute approximate surface area is 192 Å². The first kappa shape index (κ1) is 22.3. The third-order valence-corrected chi connectivity index (χ3v) is 5.34. The lowest BCUT2D eigenvalue weighted by Gasteiger charge is -2.25. The lowest BCUT2D eigenvalue weighted by Crippen LogP contribution is -2.20. The minimum atomic E-state index is -0.275. The van der Waals surface area contributed by atoms with E-state index in [1.165, 1.54) is 6.92 Å². The van der Waals surface area contributed by atoms with Gasteiger partial charge in [0.1, 0.15) is 17.5 Å². The number of amides is 1. The Kier molecular flexibility index (Phi) is 6.60. The van der Waals surface area contributed by atoms with Crippen molar-refractivity contribution in [2.45, 2.75) is 25.8 Å². The lowest BCUT2D eigenvalue weighted by atomic mass is 10.0. The first-order valence-electron chi connectivity index (χ1n) is 10.7. The zero-order valence-electron chi connectivity index (χ0n) is 18.8. The molecule has 0 aliphatic carbocycles. The molecule has 1 aliphatic heterocycles. The number of methoxy groups -OCH3 is 2. The van der Waals surface area contributed by atoms with Gasteiger partial charge in [0.05, 0.1) is 14.2 Å². The van der Waals surface area contributed by atoms with Gasteiger partial charge >= 0.3 is 0 Å². The molecule has 1 atom stereocenters. The van der Waals surface area contributed by atoms with Crippen LogP contribution in [0.15, 0.2) is 48.5 Å². The maximum atomic E-state index is 11.3. The van der Waals surface area contributed by atoms with E-state index < -0.39 is 0 Å². The molecule has 0 fully saturated rings. The highest BCUT2D eigenvalue weighted by molar-refractivity contribution is 5.89. The highest BCUT2D eigenvalue weighted by atomic mass is 16.5. The van der Waals surface area contributed by atoms with Crippen LogP contribution in [0.25, 0.3) is 5.70 Å². The van der Waals surface area contributed by atoms with Gasteiger partial charge in [0, 0.05) is 43.0 Å². The van der Waals surface area contributed by atoms with Crippen LogP contribution in [0, 0.1) is 0 Å². The van der Waals surface area contributed by atoms with Crippen LogP contribution in [0.5, 0.6) is 11.5 Å². The van der Waals surface area contributed by atoms with Crippen molar-refractivity contribution in [3.05, 3.63) is 65.5 Å². The van der Waals surface area contributed by atoms with Crippen LogP contribution in [-0.2, 0) is 11.2 Å². The summed E-state index contributed by atoms with van der Waals surface area (Å²) in [6, 6.07) is 13.0. The summed E-state index contributed by atoms with van der Waals surface area (Å²) < 4.78 is 12.8. The molecule has 0 unspecified atom stereocenters. The predicted molar refractivity (Wildman–Crippen MR) is 125 cm³/mol. The summed E-state index contributed by atoms with van der Waals surface area (Å²) in [4.78, 5) is 16.0. The van der Waals surface area contributed by atoms with Gasteiger partial charge in [-0.05, 0) is 42.3 Å². The number of aliphatic hydroxyl groups excluding tert-OH is 1. The molecule has 0 bridgehead atoms. The standard InChI is InChI=1S/C24H27N5O4/c1-15(31)25-17-8-6-16(7-9-17)20-14-21(19-11-10-18(32-2)13-22(19)33-3)29-24(26-20)27-23(28-29)5-4-12-30/h6-11,13-14,21,30H,4-5,12H2,1-3H3,(H,25,31)(H,26,27,28)/t21-/m0/s1. The molecular weight excluding hydrogens is 422 g/mol. The molecule has 3 aromatic rings. The summed E-state index contributed by atoms with van der Waals surface area (Å²) in [5.41, 5.74) is 3.44. The number of hydrogen-bond donors (Lipinski definition) is 3. The van der Waals surface area contributed by atoms with Crippen molar-refractivity contribution in [3.8, 4) is 11.5 Å². The number of carbonyl (C=O) groups is 1. The molecule has 9 heteroatoms. The second-order valence-corrected chi connectivity index (χ2v) is 7.64. The van der Waals surface area contributed by atoms with E-state index in [0.29, 0.717) is 36.1 Å². The Bertz CT molecular complexity index is 1170. The van der Waals surface area contributed by atoms with Crippen LogP contribution in [-0.4, -0.2) is 46.6 Å². The van der Waals surface area contributed by atoms with Gasteiger partial charge in [-0.25, -0.2) is 4.68 Å². The van der Waals surface area contributed by atoms with E-state index in [-0.39, 0.29) is 18.6 Å². The number of rotatable bonds is 8. The Hall–Kier alpha value is -3.85. The van der Waals surface area contributed by atoms with Crippen molar-refractivity contribution in [1.82, 2.24) is 14.8 Å². The van der Waals surface area contributed by atoms with Crippen molar-refractivity contribution >= 4 is 23.2 Å². The minimum absolute atomic E-state index is 0.0805. The molecule has 1 amide bonds. The topological polar surface area (TPSA) is 111 Å². The van der Waals surface area contributed by atoms with Crippen LogP contribution < -0.4 is 20.1 Å². The van der Waals surface area contributed by atoms with Crippen LogP contribution in [0.2, 0.25) is 0 Å². The van der Waals surface area contributed by atoms with E-state index in [9.17, 15) is 9.90 Å². The fourth-order valence-electron chi connectivity index (χ4n) is 3.77. The number of benzene rings is 2. The van der Waals surface area contributed by atoms with Crippen LogP contribution in [0.1, 0.15) is 36.3 Å². The number of nitrogens with zero attached hydrogens (tertiary/aromatic N) is 3. The van der Waals surface area contributed by atoms with E-state index in [2.05, 4.69) is 21.7 Å². The number of ether oxygens (including phenoxy) is 2. The molecule has 0 saturated carbocycles. The molecule has 4 rings (SSSR count). The Morgan fingerprint density at radius 3 is 2.64 bits per heavy atom. The van der Waals surface area contributed by atoms with Gasteiger partial charge < -0.3 is 25.2 Å². The van der Waals surface area contributed by atoms with Gasteiger partial charge in [0.2, 0.25) is 11.9 Å². The first-order valence-corrected chi connectivity index (χ1v) is 10.7. The highest BCUT2D eigenvalue weighted by Gasteiger charge is 2.27. The Morgan fingerprint density at radius 1 is 1.18 bits per heavy atom. The van der Waals surface area contributed by atoms with E-state index in [1.54, 1.807) is 14.2 Å². The molecule has 1 aliphatic rings. The Morgan fingerprint density at radius 2 is 1.97 bits per heavy atom. The summed E-state index contributed by atoms with van der Waals surface area (Å²) in [6.45, 7) is 1.56. The predicted octanol–water partition coefficient (Wildman–Crippen LogP) is 3.23. The highest BCUT2D eigenvalue weighted by Crippen LogP contribution is 2.38. The normalized spacial score (nSPS) is 14.7. The van der Waals surface area contributed by atoms with Crippen LogP contribution >= 0.6 is 0 Å². The van der Waals surface area contributed by atoms with Crippen LogP contribution in [0.4, 0.5) is 11.6 Å². The SMILES string of the molecule is COc1ccc([C@@H]2C=C(c3ccc(NC(C)=O)cc3)Nc3nc(CCCO)nn32)c(OC)c1. The summed E-state index contributed by atoms with van der Waals surface area (Å²) in [7, 11) is 3.24. The smallest absolute Gasteiger partial charge is 0.226 e. The van der Waals surface area contributed by atoms with E-state index in [4.69, 9.17) is 14.6 Å². The molecule has 9 nitrogen and oxygen atoms in total. The molecule has 1 aromatic heterocycles. The number of aryl methyl sites for hydroxylation is 1. The number of nitrogens with one attached hydrogen (secondary N) is 2. The molecule has 172 valence electrons. The van der Waals surface area contributed by atoms with Gasteiger partial charge in [-0.15, -0.1) is 0 Å². The maximum absolute atomic E-state index is 11.3. The molecule has 0 radical (unpaired) electrons. The molecule has 0 spiro atoms. The minimum Gasteiger partial charge on any atom is -0.497 e. The quantitative estimate of drug-likeness (QED) is 0.484. The zero-order valence-corrected chi connectivity index (χ0v) is 18.8. The number of aliphatic hydroxyl groups is 1. The third kappa shape index (κ3) is 4.83. The van der Waals surface area contributed by atoms with Crippen molar-refractivity contribution < 1.29 is 19.4 Å². The monoisotopic (exact) mass is 449 g/mol. The molecular formula is C24H27N5O4. The number of hydrogen-bond acceptors (Lipinski definition) is 7. The average Bonchev–Trinajstić information content (AvgIpc) is 3.24. The van der Waals surface area contributed by atoms with Crippen molar-refractivity contribution in [2.75, 3.05) is 31.5 Å². The molecule has 0 saturated heterocycles. The van der Waals surface area contributed by atoms with Gasteiger partial charge in [0.25, 0.3) is 0 Å². The van der Waals surface area contributed by atoms with Gasteiger partial charge in [-0.2, -0.15) is 10.1 Å². The van der Waals surface area contributed by atoms with Gasteiger partial charge in [0.15, 0.2) is 5.82 Å². The number of carbonyl (C=O) groups excluding carboxylic acids is 1. The lowest BCUT2D eigenvalue weighted by molar-refractivity contribution is -0.114. The van der Waals surface area contributed by atoms with Crippen molar-refractivity contribution in [2.24, 2.45) is 0 Å².